The second kappa shape index (κ2) is 7.38. The Kier molecular flexibility index (Phi) is 5.47. The summed E-state index contributed by atoms with van der Waals surface area (Å²) in [5, 5.41) is 0. The zero-order valence-corrected chi connectivity index (χ0v) is 11.6. The maximum atomic E-state index is 2.62. The molecule has 2 rings (SSSR count). The first-order chi connectivity index (χ1) is 8.88. The van der Waals surface area contributed by atoms with Crippen molar-refractivity contribution in [2.75, 3.05) is 13.1 Å². The molecule has 1 fully saturated rings. The molecule has 1 aromatic carbocycles. The Morgan fingerprint density at radius 3 is 2.50 bits per heavy atom. The van der Waals surface area contributed by atoms with Gasteiger partial charge in [-0.3, -0.25) is 4.90 Å². The van der Waals surface area contributed by atoms with Crippen LogP contribution in [0.4, 0.5) is 0 Å². The molecule has 0 amide bonds. The molecule has 0 unspecified atom stereocenters. The average molecular weight is 243 g/mol. The van der Waals surface area contributed by atoms with Crippen molar-refractivity contribution in [3.63, 3.8) is 0 Å². The van der Waals surface area contributed by atoms with E-state index in [1.165, 1.54) is 50.8 Å². The summed E-state index contributed by atoms with van der Waals surface area (Å²) in [6.07, 6.45) is 8.94. The molecule has 0 saturated carbocycles. The Morgan fingerprint density at radius 1 is 1.00 bits per heavy atom. The van der Waals surface area contributed by atoms with Gasteiger partial charge in [0.2, 0.25) is 0 Å². The molecule has 0 N–H and O–H groups in total. The van der Waals surface area contributed by atoms with E-state index in [1.807, 2.05) is 0 Å². The summed E-state index contributed by atoms with van der Waals surface area (Å²) in [5.41, 5.74) is 3.11. The second-order valence-corrected chi connectivity index (χ2v) is 5.27. The SMILES string of the molecule is C/C=C1\CCCCN(Cc2ccccc2)CCC1. The van der Waals surface area contributed by atoms with E-state index in [2.05, 4.69) is 48.2 Å². The summed E-state index contributed by atoms with van der Waals surface area (Å²) >= 11 is 0. The largest absolute Gasteiger partial charge is 0.299 e. The molecule has 1 nitrogen and oxygen atoms in total. The van der Waals surface area contributed by atoms with Gasteiger partial charge in [-0.25, -0.2) is 0 Å². The number of allylic oxidation sites excluding steroid dienone is 2. The van der Waals surface area contributed by atoms with E-state index in [0.29, 0.717) is 0 Å². The Morgan fingerprint density at radius 2 is 1.72 bits per heavy atom. The second-order valence-electron chi connectivity index (χ2n) is 5.27. The molecule has 0 aromatic heterocycles. The summed E-state index contributed by atoms with van der Waals surface area (Å²) in [4.78, 5) is 2.62. The van der Waals surface area contributed by atoms with Gasteiger partial charge in [-0.1, -0.05) is 42.0 Å². The third kappa shape index (κ3) is 4.30. The zero-order valence-electron chi connectivity index (χ0n) is 11.6. The third-order valence-electron chi connectivity index (χ3n) is 3.85. The fourth-order valence-electron chi connectivity index (χ4n) is 2.74. The van der Waals surface area contributed by atoms with Gasteiger partial charge in [0, 0.05) is 6.54 Å². The minimum atomic E-state index is 1.12. The summed E-state index contributed by atoms with van der Waals surface area (Å²) in [5.74, 6) is 0. The van der Waals surface area contributed by atoms with Crippen molar-refractivity contribution in [2.24, 2.45) is 0 Å². The van der Waals surface area contributed by atoms with Crippen molar-refractivity contribution < 1.29 is 0 Å². The molecule has 1 aromatic rings. The first-order valence-corrected chi connectivity index (χ1v) is 7.29. The van der Waals surface area contributed by atoms with Crippen molar-refractivity contribution in [1.29, 1.82) is 0 Å². The first kappa shape index (κ1) is 13.4. The van der Waals surface area contributed by atoms with Crippen molar-refractivity contribution >= 4 is 0 Å². The van der Waals surface area contributed by atoms with Crippen LogP contribution in [0.25, 0.3) is 0 Å². The molecule has 18 heavy (non-hydrogen) atoms. The Balaban J connectivity index is 1.89. The lowest BCUT2D eigenvalue weighted by Crippen LogP contribution is -2.25. The minimum absolute atomic E-state index is 1.12. The van der Waals surface area contributed by atoms with Crippen LogP contribution in [0.15, 0.2) is 42.0 Å². The highest BCUT2D eigenvalue weighted by atomic mass is 15.1. The number of rotatable bonds is 2. The van der Waals surface area contributed by atoms with Crippen LogP contribution in [0.5, 0.6) is 0 Å². The number of hydrogen-bond donors (Lipinski definition) is 0. The van der Waals surface area contributed by atoms with Crippen molar-refractivity contribution in [3.05, 3.63) is 47.5 Å². The Bertz CT molecular complexity index is 366. The topological polar surface area (TPSA) is 3.24 Å². The smallest absolute Gasteiger partial charge is 0.0233 e. The van der Waals surface area contributed by atoms with Crippen LogP contribution in [-0.4, -0.2) is 18.0 Å². The summed E-state index contributed by atoms with van der Waals surface area (Å²) < 4.78 is 0. The van der Waals surface area contributed by atoms with Crippen LogP contribution >= 0.6 is 0 Å². The Hall–Kier alpha value is -1.08. The predicted octanol–water partition coefficient (Wildman–Crippen LogP) is 4.40. The van der Waals surface area contributed by atoms with Gasteiger partial charge in [0.15, 0.2) is 0 Å². The van der Waals surface area contributed by atoms with Gasteiger partial charge in [-0.2, -0.15) is 0 Å². The standard InChI is InChI=1S/C17H25N/c1-2-16-9-6-7-13-18(14-8-12-16)15-17-10-4-3-5-11-17/h2-5,10-11H,6-9,12-15H2,1H3/b16-2+. The van der Waals surface area contributed by atoms with Gasteiger partial charge < -0.3 is 0 Å². The molecule has 0 spiro atoms. The van der Waals surface area contributed by atoms with Crippen molar-refractivity contribution in [3.8, 4) is 0 Å². The van der Waals surface area contributed by atoms with Crippen LogP contribution in [-0.2, 0) is 6.54 Å². The molecule has 98 valence electrons. The van der Waals surface area contributed by atoms with Gasteiger partial charge in [0.1, 0.15) is 0 Å². The van der Waals surface area contributed by atoms with Gasteiger partial charge >= 0.3 is 0 Å². The minimum Gasteiger partial charge on any atom is -0.299 e. The van der Waals surface area contributed by atoms with E-state index in [4.69, 9.17) is 0 Å². The monoisotopic (exact) mass is 243 g/mol. The molecular weight excluding hydrogens is 218 g/mol. The number of hydrogen-bond acceptors (Lipinski definition) is 1. The van der Waals surface area contributed by atoms with Crippen LogP contribution in [0.3, 0.4) is 0 Å². The maximum Gasteiger partial charge on any atom is 0.0233 e. The number of benzene rings is 1. The maximum absolute atomic E-state index is 2.62. The number of nitrogens with zero attached hydrogens (tertiary/aromatic N) is 1. The van der Waals surface area contributed by atoms with E-state index in [9.17, 15) is 0 Å². The fourth-order valence-corrected chi connectivity index (χ4v) is 2.74. The molecule has 1 heterocycles. The summed E-state index contributed by atoms with van der Waals surface area (Å²) in [6.45, 7) is 5.80. The van der Waals surface area contributed by atoms with E-state index in [0.717, 1.165) is 6.54 Å². The molecule has 0 aliphatic carbocycles. The van der Waals surface area contributed by atoms with Gasteiger partial charge in [-0.15, -0.1) is 0 Å². The molecule has 1 heteroatoms. The summed E-state index contributed by atoms with van der Waals surface area (Å²) in [7, 11) is 0. The molecular formula is C17H25N. The van der Waals surface area contributed by atoms with Crippen LogP contribution in [0, 0.1) is 0 Å². The van der Waals surface area contributed by atoms with Crippen molar-refractivity contribution in [1.82, 2.24) is 4.90 Å². The molecule has 0 radical (unpaired) electrons. The quantitative estimate of drug-likeness (QED) is 0.696. The van der Waals surface area contributed by atoms with Crippen LogP contribution in [0.2, 0.25) is 0 Å². The summed E-state index contributed by atoms with van der Waals surface area (Å²) in [6, 6.07) is 10.9. The zero-order chi connectivity index (χ0) is 12.6. The van der Waals surface area contributed by atoms with Gasteiger partial charge in [0.05, 0.1) is 0 Å². The Labute approximate surface area is 112 Å². The van der Waals surface area contributed by atoms with E-state index in [-0.39, 0.29) is 0 Å². The lowest BCUT2D eigenvalue weighted by atomic mass is 10.0. The van der Waals surface area contributed by atoms with Crippen molar-refractivity contribution in [2.45, 2.75) is 45.6 Å². The lowest BCUT2D eigenvalue weighted by molar-refractivity contribution is 0.261. The van der Waals surface area contributed by atoms with E-state index >= 15 is 0 Å². The molecule has 1 saturated heterocycles. The first-order valence-electron chi connectivity index (χ1n) is 7.29. The average Bonchev–Trinajstić information content (AvgIpc) is 2.52. The van der Waals surface area contributed by atoms with Gasteiger partial charge in [0.25, 0.3) is 0 Å². The van der Waals surface area contributed by atoms with Crippen LogP contribution in [0.1, 0.15) is 44.6 Å². The molecule has 1 aliphatic heterocycles. The highest BCUT2D eigenvalue weighted by Gasteiger charge is 2.09. The highest BCUT2D eigenvalue weighted by Crippen LogP contribution is 2.18. The van der Waals surface area contributed by atoms with Gasteiger partial charge in [-0.05, 0) is 57.7 Å². The highest BCUT2D eigenvalue weighted by molar-refractivity contribution is 5.14. The normalized spacial score (nSPS) is 21.3. The van der Waals surface area contributed by atoms with E-state index < -0.39 is 0 Å². The lowest BCUT2D eigenvalue weighted by Gasteiger charge is -2.21. The van der Waals surface area contributed by atoms with E-state index in [1.54, 1.807) is 5.57 Å². The molecule has 1 aliphatic rings. The third-order valence-corrected chi connectivity index (χ3v) is 3.85. The van der Waals surface area contributed by atoms with Crippen LogP contribution < -0.4 is 0 Å². The molecule has 0 bridgehead atoms. The fraction of sp³-hybridized carbons (Fsp3) is 0.529. The predicted molar refractivity (Wildman–Crippen MR) is 78.6 cm³/mol. The molecule has 0 atom stereocenters.